The highest BCUT2D eigenvalue weighted by Crippen LogP contribution is 2.15. The van der Waals surface area contributed by atoms with Crippen LogP contribution in [0.1, 0.15) is 6.92 Å². The van der Waals surface area contributed by atoms with Crippen molar-refractivity contribution >= 4 is 20.1 Å². The Morgan fingerprint density at radius 1 is 1.19 bits per heavy atom. The Hall–Kier alpha value is -0.960. The predicted octanol–water partition coefficient (Wildman–Crippen LogP) is 0.231. The van der Waals surface area contributed by atoms with E-state index in [1.807, 2.05) is 0 Å². The van der Waals surface area contributed by atoms with E-state index < -0.39 is 25.0 Å². The topological polar surface area (TPSA) is 101 Å². The Morgan fingerprint density at radius 3 is 2.25 bits per heavy atom. The molecule has 0 spiro atoms. The lowest BCUT2D eigenvalue weighted by molar-refractivity contribution is 0.483. The third kappa shape index (κ3) is 3.01. The lowest BCUT2D eigenvalue weighted by atomic mass is 10.4. The van der Waals surface area contributed by atoms with Gasteiger partial charge in [-0.25, -0.2) is 13.1 Å². The van der Waals surface area contributed by atoms with Gasteiger partial charge in [-0.3, -0.25) is 4.55 Å². The van der Waals surface area contributed by atoms with Gasteiger partial charge in [-0.15, -0.1) is 0 Å². The van der Waals surface area contributed by atoms with Crippen LogP contribution in [-0.2, 0) is 20.1 Å². The first-order valence-electron chi connectivity index (χ1n) is 4.34. The van der Waals surface area contributed by atoms with Gasteiger partial charge in [-0.2, -0.15) is 8.42 Å². The van der Waals surface area contributed by atoms with E-state index >= 15 is 0 Å². The van der Waals surface area contributed by atoms with Crippen LogP contribution in [0, 0.1) is 0 Å². The molecule has 2 N–H and O–H groups in total. The Labute approximate surface area is 94.1 Å². The van der Waals surface area contributed by atoms with Crippen molar-refractivity contribution in [2.75, 3.05) is 6.54 Å². The average Bonchev–Trinajstić information content (AvgIpc) is 2.16. The van der Waals surface area contributed by atoms with E-state index in [1.54, 1.807) is 6.92 Å². The van der Waals surface area contributed by atoms with Crippen LogP contribution < -0.4 is 4.72 Å². The van der Waals surface area contributed by atoms with Crippen molar-refractivity contribution in [2.24, 2.45) is 0 Å². The highest BCUT2D eigenvalue weighted by Gasteiger charge is 2.16. The fraction of sp³-hybridized carbons (Fsp3) is 0.250. The van der Waals surface area contributed by atoms with E-state index in [9.17, 15) is 16.8 Å². The van der Waals surface area contributed by atoms with Gasteiger partial charge >= 0.3 is 0 Å². The van der Waals surface area contributed by atoms with Crippen LogP contribution in [0.3, 0.4) is 0 Å². The molecule has 0 aliphatic carbocycles. The molecule has 0 amide bonds. The maximum absolute atomic E-state index is 11.5. The quantitative estimate of drug-likeness (QED) is 0.759. The number of benzene rings is 1. The highest BCUT2D eigenvalue weighted by molar-refractivity contribution is 7.89. The van der Waals surface area contributed by atoms with Gasteiger partial charge in [0.05, 0.1) is 9.79 Å². The van der Waals surface area contributed by atoms with Gasteiger partial charge in [0, 0.05) is 6.54 Å². The predicted molar refractivity (Wildman–Crippen MR) is 57.1 cm³/mol. The van der Waals surface area contributed by atoms with E-state index in [1.165, 1.54) is 12.1 Å². The van der Waals surface area contributed by atoms with E-state index in [0.717, 1.165) is 12.1 Å². The zero-order valence-electron chi connectivity index (χ0n) is 8.41. The minimum Gasteiger partial charge on any atom is -0.282 e. The fourth-order valence-electron chi connectivity index (χ4n) is 1.08. The number of hydrogen-bond donors (Lipinski definition) is 2. The summed E-state index contributed by atoms with van der Waals surface area (Å²) in [5.74, 6) is 0. The Morgan fingerprint density at radius 2 is 1.75 bits per heavy atom. The number of sulfonamides is 1. The lowest BCUT2D eigenvalue weighted by Gasteiger charge is -2.05. The molecular weight excluding hydrogens is 254 g/mol. The minimum atomic E-state index is -4.39. The second-order valence-electron chi connectivity index (χ2n) is 2.95. The molecule has 0 saturated carbocycles. The smallest absolute Gasteiger partial charge is 0.282 e. The van der Waals surface area contributed by atoms with Gasteiger partial charge in [0.2, 0.25) is 10.0 Å². The molecule has 0 aliphatic rings. The fourth-order valence-corrected chi connectivity index (χ4v) is 2.76. The van der Waals surface area contributed by atoms with E-state index in [0.29, 0.717) is 0 Å². The van der Waals surface area contributed by atoms with Crippen LogP contribution in [0.2, 0.25) is 0 Å². The molecule has 0 saturated heterocycles. The molecule has 1 aromatic carbocycles. The molecule has 1 rings (SSSR count). The van der Waals surface area contributed by atoms with E-state index in [4.69, 9.17) is 4.55 Å². The summed E-state index contributed by atoms with van der Waals surface area (Å²) in [5.41, 5.74) is 0. The molecular formula is C8H11NO5S2. The summed E-state index contributed by atoms with van der Waals surface area (Å²) >= 11 is 0. The first-order chi connectivity index (χ1) is 7.27. The maximum Gasteiger partial charge on any atom is 0.294 e. The van der Waals surface area contributed by atoms with Crippen molar-refractivity contribution in [3.8, 4) is 0 Å². The monoisotopic (exact) mass is 265 g/mol. The molecule has 0 atom stereocenters. The maximum atomic E-state index is 11.5. The van der Waals surface area contributed by atoms with Crippen LogP contribution in [0.5, 0.6) is 0 Å². The summed E-state index contributed by atoms with van der Waals surface area (Å²) in [7, 11) is -8.11. The zero-order chi connectivity index (χ0) is 12.4. The summed E-state index contributed by atoms with van der Waals surface area (Å²) < 4.78 is 55.6. The third-order valence-corrected chi connectivity index (χ3v) is 4.14. The number of nitrogens with one attached hydrogen (secondary N) is 1. The molecule has 0 aliphatic heterocycles. The molecule has 0 unspecified atom stereocenters. The van der Waals surface area contributed by atoms with Crippen LogP contribution in [-0.4, -0.2) is 27.9 Å². The van der Waals surface area contributed by atoms with Crippen molar-refractivity contribution in [2.45, 2.75) is 16.7 Å². The standard InChI is InChI=1S/C8H11NO5S2/c1-2-9-15(10,11)7-4-3-5-8(6-7)16(12,13)14/h3-6,9H,2H2,1H3,(H,12,13,14). The van der Waals surface area contributed by atoms with Crippen molar-refractivity contribution in [1.29, 1.82) is 0 Å². The largest absolute Gasteiger partial charge is 0.294 e. The highest BCUT2D eigenvalue weighted by atomic mass is 32.2. The van der Waals surface area contributed by atoms with Gasteiger partial charge in [0.1, 0.15) is 0 Å². The lowest BCUT2D eigenvalue weighted by Crippen LogP contribution is -2.23. The summed E-state index contributed by atoms with van der Waals surface area (Å²) in [5, 5.41) is 0. The SMILES string of the molecule is CCNS(=O)(=O)c1cccc(S(=O)(=O)O)c1. The second kappa shape index (κ2) is 4.50. The average molecular weight is 265 g/mol. The normalized spacial score (nSPS) is 12.6. The van der Waals surface area contributed by atoms with Crippen LogP contribution in [0.15, 0.2) is 34.1 Å². The van der Waals surface area contributed by atoms with Gasteiger partial charge in [-0.05, 0) is 18.2 Å². The van der Waals surface area contributed by atoms with Crippen LogP contribution in [0.4, 0.5) is 0 Å². The molecule has 90 valence electrons. The van der Waals surface area contributed by atoms with Crippen LogP contribution >= 0.6 is 0 Å². The van der Waals surface area contributed by atoms with Crippen LogP contribution in [0.25, 0.3) is 0 Å². The van der Waals surface area contributed by atoms with Gasteiger partial charge < -0.3 is 0 Å². The Balaban J connectivity index is 3.29. The molecule has 0 fully saturated rings. The summed E-state index contributed by atoms with van der Waals surface area (Å²) in [6.45, 7) is 1.79. The molecule has 0 radical (unpaired) electrons. The second-order valence-corrected chi connectivity index (χ2v) is 6.14. The molecule has 6 nitrogen and oxygen atoms in total. The van der Waals surface area contributed by atoms with Gasteiger partial charge in [0.15, 0.2) is 0 Å². The van der Waals surface area contributed by atoms with E-state index in [-0.39, 0.29) is 11.4 Å². The summed E-state index contributed by atoms with van der Waals surface area (Å²) in [6, 6.07) is 4.49. The first-order valence-corrected chi connectivity index (χ1v) is 7.27. The van der Waals surface area contributed by atoms with E-state index in [2.05, 4.69) is 4.72 Å². The zero-order valence-corrected chi connectivity index (χ0v) is 10.0. The van der Waals surface area contributed by atoms with Gasteiger partial charge in [-0.1, -0.05) is 13.0 Å². The summed E-state index contributed by atoms with van der Waals surface area (Å²) in [6.07, 6.45) is 0. The molecule has 8 heteroatoms. The van der Waals surface area contributed by atoms with Crippen molar-refractivity contribution in [1.82, 2.24) is 4.72 Å². The van der Waals surface area contributed by atoms with Crippen molar-refractivity contribution in [3.05, 3.63) is 24.3 Å². The number of hydrogen-bond acceptors (Lipinski definition) is 4. The van der Waals surface area contributed by atoms with Gasteiger partial charge in [0.25, 0.3) is 10.1 Å². The Bertz CT molecular complexity index is 576. The molecule has 1 aromatic rings. The molecule has 0 bridgehead atoms. The molecule has 16 heavy (non-hydrogen) atoms. The molecule has 0 heterocycles. The van der Waals surface area contributed by atoms with Crippen molar-refractivity contribution < 1.29 is 21.4 Å². The third-order valence-electron chi connectivity index (χ3n) is 1.75. The Kier molecular flexibility index (Phi) is 3.68. The minimum absolute atomic E-state index is 0.193. The summed E-state index contributed by atoms with van der Waals surface area (Å²) in [4.78, 5) is -0.657. The molecule has 0 aromatic heterocycles. The first kappa shape index (κ1) is 13.1. The van der Waals surface area contributed by atoms with Crippen molar-refractivity contribution in [3.63, 3.8) is 0 Å². The number of rotatable bonds is 4.